The molecule has 1 aromatic carbocycles. The highest BCUT2D eigenvalue weighted by molar-refractivity contribution is 8.00. The molecule has 2 fully saturated rings. The van der Waals surface area contributed by atoms with Gasteiger partial charge in [0.2, 0.25) is 11.8 Å². The Balaban J connectivity index is 1.31. The Morgan fingerprint density at radius 1 is 1.12 bits per heavy atom. The zero-order chi connectivity index (χ0) is 30.5. The van der Waals surface area contributed by atoms with Crippen LogP contribution in [0.25, 0.3) is 6.08 Å². The third kappa shape index (κ3) is 10.5. The van der Waals surface area contributed by atoms with Gasteiger partial charge in [-0.05, 0) is 62.1 Å². The number of urea groups is 1. The van der Waals surface area contributed by atoms with E-state index >= 15 is 0 Å². The van der Waals surface area contributed by atoms with E-state index in [4.69, 9.17) is 0 Å². The highest BCUT2D eigenvalue weighted by atomic mass is 32.2. The molecular weight excluding hydrogens is 554 g/mol. The highest BCUT2D eigenvalue weighted by Gasteiger charge is 2.42. The van der Waals surface area contributed by atoms with Crippen molar-refractivity contribution in [3.05, 3.63) is 42.0 Å². The van der Waals surface area contributed by atoms with E-state index in [0.717, 1.165) is 36.9 Å². The van der Waals surface area contributed by atoms with E-state index in [1.54, 1.807) is 24.3 Å². The van der Waals surface area contributed by atoms with Crippen molar-refractivity contribution in [3.8, 4) is 0 Å². The van der Waals surface area contributed by atoms with Crippen molar-refractivity contribution in [2.24, 2.45) is 5.92 Å². The third-order valence-electron chi connectivity index (χ3n) is 7.55. The number of rotatable bonds is 18. The fourth-order valence-electron chi connectivity index (χ4n) is 5.29. The van der Waals surface area contributed by atoms with Gasteiger partial charge in [-0.15, -0.1) is 0 Å². The van der Waals surface area contributed by atoms with E-state index in [9.17, 15) is 24.0 Å². The number of amides is 5. The van der Waals surface area contributed by atoms with Gasteiger partial charge >= 0.3 is 6.03 Å². The summed E-state index contributed by atoms with van der Waals surface area (Å²) >= 11 is 1.88. The van der Waals surface area contributed by atoms with Gasteiger partial charge in [0.25, 0.3) is 5.91 Å². The average Bonchev–Trinajstić information content (AvgIpc) is 3.52. The summed E-state index contributed by atoms with van der Waals surface area (Å²) in [5, 5.41) is 14.8. The number of benzene rings is 1. The monoisotopic (exact) mass is 599 g/mol. The summed E-state index contributed by atoms with van der Waals surface area (Å²) in [6.45, 7) is 8.16. The van der Waals surface area contributed by atoms with Crippen molar-refractivity contribution in [3.63, 3.8) is 0 Å². The lowest BCUT2D eigenvalue weighted by atomic mass is 10.0. The molecule has 0 bridgehead atoms. The summed E-state index contributed by atoms with van der Waals surface area (Å²) in [6.07, 6.45) is 7.76. The maximum atomic E-state index is 13.0. The van der Waals surface area contributed by atoms with E-state index in [1.807, 2.05) is 31.7 Å². The van der Waals surface area contributed by atoms with Crippen LogP contribution in [0.5, 0.6) is 0 Å². The summed E-state index contributed by atoms with van der Waals surface area (Å²) < 4.78 is 0. The van der Waals surface area contributed by atoms with Crippen LogP contribution in [0.3, 0.4) is 0 Å². The molecule has 42 heavy (non-hydrogen) atoms. The first-order valence-electron chi connectivity index (χ1n) is 14.9. The Kier molecular flexibility index (Phi) is 13.4. The molecule has 0 aliphatic carbocycles. The quantitative estimate of drug-likeness (QED) is 0.0996. The van der Waals surface area contributed by atoms with Gasteiger partial charge in [0, 0.05) is 29.5 Å². The largest absolute Gasteiger partial charge is 0.356 e. The van der Waals surface area contributed by atoms with E-state index in [1.165, 1.54) is 0 Å². The molecule has 5 N–H and O–H groups in total. The molecular formula is C31H45N5O5S. The first-order valence-corrected chi connectivity index (χ1v) is 16.0. The first-order chi connectivity index (χ1) is 20.2. The van der Waals surface area contributed by atoms with Crippen molar-refractivity contribution in [1.82, 2.24) is 26.6 Å². The second-order valence-corrected chi connectivity index (χ2v) is 12.7. The number of thioether (sulfide) groups is 1. The van der Waals surface area contributed by atoms with Crippen LogP contribution < -0.4 is 26.6 Å². The molecule has 3 rings (SSSR count). The van der Waals surface area contributed by atoms with Gasteiger partial charge in [-0.1, -0.05) is 45.1 Å². The molecule has 2 heterocycles. The molecule has 2 aliphatic heterocycles. The van der Waals surface area contributed by atoms with E-state index in [-0.39, 0.29) is 41.8 Å². The van der Waals surface area contributed by atoms with Gasteiger partial charge in [0.15, 0.2) is 0 Å². The smallest absolute Gasteiger partial charge is 0.315 e. The van der Waals surface area contributed by atoms with E-state index in [2.05, 4.69) is 33.2 Å². The topological polar surface area (TPSA) is 146 Å². The number of hydrogen-bond donors (Lipinski definition) is 5. The minimum absolute atomic E-state index is 0.00826. The maximum absolute atomic E-state index is 13.0. The second-order valence-electron chi connectivity index (χ2n) is 11.4. The Morgan fingerprint density at radius 2 is 1.93 bits per heavy atom. The fraction of sp³-hybridized carbons (Fsp3) is 0.581. The number of carbonyl (C=O) groups is 5. The minimum atomic E-state index is -0.770. The van der Waals surface area contributed by atoms with Crippen LogP contribution in [0.15, 0.2) is 30.8 Å². The van der Waals surface area contributed by atoms with Crippen LogP contribution in [-0.2, 0) is 14.4 Å². The SMILES string of the molecule is C=Cc1cccc(C(=O)N[C@@H](CC(C)C)C(=O)N[C@H](C=O)CCCCNC(=O)CCCC[C@@H]2SC[C@@H]3NC(=O)N[C@@H]32)c1. The van der Waals surface area contributed by atoms with Gasteiger partial charge in [-0.2, -0.15) is 11.8 Å². The van der Waals surface area contributed by atoms with Crippen LogP contribution in [0.1, 0.15) is 81.1 Å². The minimum Gasteiger partial charge on any atom is -0.356 e. The molecule has 11 heteroatoms. The van der Waals surface area contributed by atoms with Gasteiger partial charge in [0.1, 0.15) is 12.3 Å². The van der Waals surface area contributed by atoms with Crippen LogP contribution in [0, 0.1) is 5.92 Å². The van der Waals surface area contributed by atoms with E-state index < -0.39 is 12.1 Å². The van der Waals surface area contributed by atoms with Crippen molar-refractivity contribution in [2.75, 3.05) is 12.3 Å². The van der Waals surface area contributed by atoms with E-state index in [0.29, 0.717) is 49.5 Å². The molecule has 1 aromatic rings. The lowest BCUT2D eigenvalue weighted by Crippen LogP contribution is -2.50. The average molecular weight is 600 g/mol. The number of nitrogens with one attached hydrogen (secondary N) is 5. The summed E-state index contributed by atoms with van der Waals surface area (Å²) in [4.78, 5) is 61.2. The lowest BCUT2D eigenvalue weighted by molar-refractivity contribution is -0.126. The van der Waals surface area contributed by atoms with Gasteiger partial charge < -0.3 is 31.4 Å². The van der Waals surface area contributed by atoms with Crippen LogP contribution >= 0.6 is 11.8 Å². The fourth-order valence-corrected chi connectivity index (χ4v) is 6.83. The summed E-state index contributed by atoms with van der Waals surface area (Å²) in [5.41, 5.74) is 1.24. The predicted molar refractivity (Wildman–Crippen MR) is 166 cm³/mol. The summed E-state index contributed by atoms with van der Waals surface area (Å²) in [5.74, 6) is 0.349. The van der Waals surface area contributed by atoms with Crippen LogP contribution in [0.2, 0.25) is 0 Å². The number of unbranched alkanes of at least 4 members (excludes halogenated alkanes) is 2. The third-order valence-corrected chi connectivity index (χ3v) is 9.06. The molecule has 5 amide bonds. The lowest BCUT2D eigenvalue weighted by Gasteiger charge is -2.22. The summed E-state index contributed by atoms with van der Waals surface area (Å²) in [7, 11) is 0. The van der Waals surface area contributed by atoms with Gasteiger partial charge in [-0.3, -0.25) is 14.4 Å². The van der Waals surface area contributed by atoms with Crippen LogP contribution in [0.4, 0.5) is 4.79 Å². The first kappa shape index (κ1) is 33.2. The molecule has 0 saturated carbocycles. The van der Waals surface area contributed by atoms with Crippen molar-refractivity contribution in [1.29, 1.82) is 0 Å². The molecule has 10 nitrogen and oxygen atoms in total. The molecule has 0 aromatic heterocycles. The Bertz CT molecular complexity index is 1110. The predicted octanol–water partition coefficient (Wildman–Crippen LogP) is 3.17. The number of carbonyl (C=O) groups excluding carboxylic acids is 5. The Hall–Kier alpha value is -3.34. The van der Waals surface area contributed by atoms with Gasteiger partial charge in [-0.25, -0.2) is 4.79 Å². The Morgan fingerprint density at radius 3 is 2.67 bits per heavy atom. The molecule has 2 saturated heterocycles. The summed E-state index contributed by atoms with van der Waals surface area (Å²) in [6, 6.07) is 5.87. The standard InChI is InChI=1S/C31H45N5O5S/c1-4-21-10-9-11-22(17-21)29(39)34-24(16-20(2)3)30(40)33-23(18-37)12-7-8-15-32-27(38)14-6-5-13-26-28-25(19-42-26)35-31(41)36-28/h4,9-11,17-18,20,23-26,28H,1,5-8,12-16,19H2,2-3H3,(H,32,38)(H,33,40)(H,34,39)(H2,35,36,41)/t23-,24-,25-,26-,28-/m0/s1. The zero-order valence-electron chi connectivity index (χ0n) is 24.7. The maximum Gasteiger partial charge on any atom is 0.315 e. The molecule has 0 unspecified atom stereocenters. The number of fused-ring (bicyclic) bond motifs is 1. The molecule has 0 spiro atoms. The second kappa shape index (κ2) is 16.9. The van der Waals surface area contributed by atoms with Crippen molar-refractivity contribution < 1.29 is 24.0 Å². The number of hydrogen-bond acceptors (Lipinski definition) is 6. The molecule has 5 atom stereocenters. The van der Waals surface area contributed by atoms with Crippen molar-refractivity contribution in [2.45, 2.75) is 94.6 Å². The zero-order valence-corrected chi connectivity index (χ0v) is 25.5. The van der Waals surface area contributed by atoms with Gasteiger partial charge in [0.05, 0.1) is 18.1 Å². The van der Waals surface area contributed by atoms with Crippen LogP contribution in [-0.4, -0.2) is 71.8 Å². The molecule has 2 aliphatic rings. The Labute approximate surface area is 253 Å². The highest BCUT2D eigenvalue weighted by Crippen LogP contribution is 2.33. The molecule has 0 radical (unpaired) electrons. The number of aldehydes is 1. The van der Waals surface area contributed by atoms with Crippen molar-refractivity contribution >= 4 is 47.9 Å². The molecule has 230 valence electrons. The normalized spacial score (nSPS) is 20.5.